The third-order valence-corrected chi connectivity index (χ3v) is 3.35. The van der Waals surface area contributed by atoms with Gasteiger partial charge in [0.25, 0.3) is 0 Å². The maximum atomic E-state index is 11.4. The Balaban J connectivity index is 1.80. The topological polar surface area (TPSA) is 55.6 Å². The molecule has 0 aliphatic heterocycles. The average Bonchev–Trinajstić information content (AvgIpc) is 2.98. The molecule has 0 fully saturated rings. The largest absolute Gasteiger partial charge is 0.375 e. The predicted molar refractivity (Wildman–Crippen MR) is 84.4 cm³/mol. The fourth-order valence-electron chi connectivity index (χ4n) is 2.30. The van der Waals surface area contributed by atoms with Crippen LogP contribution in [0.3, 0.4) is 0 Å². The van der Waals surface area contributed by atoms with Crippen LogP contribution in [-0.4, -0.2) is 29.0 Å². The fraction of sp³-hybridized carbons (Fsp3) is 0.176. The molecule has 5 nitrogen and oxygen atoms in total. The van der Waals surface area contributed by atoms with E-state index in [9.17, 15) is 4.79 Å². The highest BCUT2D eigenvalue weighted by molar-refractivity contribution is 5.77. The predicted octanol–water partition coefficient (Wildman–Crippen LogP) is 2.26. The minimum absolute atomic E-state index is 0.0755. The molecule has 2 aromatic heterocycles. The van der Waals surface area contributed by atoms with E-state index in [4.69, 9.17) is 4.74 Å². The highest BCUT2D eigenvalue weighted by atomic mass is 16.5. The monoisotopic (exact) mass is 295 g/mol. The zero-order valence-corrected chi connectivity index (χ0v) is 12.3. The van der Waals surface area contributed by atoms with Crippen molar-refractivity contribution in [3.63, 3.8) is 0 Å². The number of hydrogen-bond acceptors (Lipinski definition) is 3. The molecule has 2 heterocycles. The number of carbonyl (C=O) groups excluding carboxylic acids is 1. The number of rotatable bonds is 5. The van der Waals surface area contributed by atoms with Crippen LogP contribution < -0.4 is 5.32 Å². The molecule has 0 saturated heterocycles. The van der Waals surface area contributed by atoms with Gasteiger partial charge >= 0.3 is 0 Å². The quantitative estimate of drug-likeness (QED) is 0.785. The van der Waals surface area contributed by atoms with Gasteiger partial charge in [-0.25, -0.2) is 4.98 Å². The molecule has 1 amide bonds. The number of fused-ring (bicyclic) bond motifs is 1. The number of pyridine rings is 1. The number of carbonyl (C=O) groups is 1. The molecule has 0 spiro atoms. The Labute approximate surface area is 128 Å². The van der Waals surface area contributed by atoms with Crippen LogP contribution in [-0.2, 0) is 16.1 Å². The highest BCUT2D eigenvalue weighted by Gasteiger charge is 2.05. The van der Waals surface area contributed by atoms with Crippen LogP contribution in [0, 0.1) is 0 Å². The number of aromatic nitrogens is 2. The Hall–Kier alpha value is -2.66. The summed E-state index contributed by atoms with van der Waals surface area (Å²) in [5.74, 6) is -0.124. The van der Waals surface area contributed by atoms with E-state index < -0.39 is 0 Å². The third-order valence-electron chi connectivity index (χ3n) is 3.35. The molecular formula is C17H17N3O2. The summed E-state index contributed by atoms with van der Waals surface area (Å²) >= 11 is 0. The number of nitrogens with one attached hydrogen (secondary N) is 1. The van der Waals surface area contributed by atoms with Gasteiger partial charge in [0.2, 0.25) is 5.91 Å². The van der Waals surface area contributed by atoms with Gasteiger partial charge < -0.3 is 14.5 Å². The number of benzene rings is 1. The first-order valence-electron chi connectivity index (χ1n) is 7.05. The molecule has 0 atom stereocenters. The van der Waals surface area contributed by atoms with Crippen LogP contribution in [0.1, 0.15) is 5.56 Å². The molecule has 1 aromatic carbocycles. The molecule has 3 aromatic rings. The van der Waals surface area contributed by atoms with Crippen molar-refractivity contribution in [2.24, 2.45) is 0 Å². The van der Waals surface area contributed by atoms with Crippen LogP contribution in [0.15, 0.2) is 54.9 Å². The maximum Gasteiger partial charge on any atom is 0.246 e. The van der Waals surface area contributed by atoms with Gasteiger partial charge in [-0.15, -0.1) is 0 Å². The van der Waals surface area contributed by atoms with E-state index in [0.29, 0.717) is 6.54 Å². The first-order valence-corrected chi connectivity index (χ1v) is 7.05. The van der Waals surface area contributed by atoms with Crippen molar-refractivity contribution in [2.75, 3.05) is 13.7 Å². The van der Waals surface area contributed by atoms with E-state index in [2.05, 4.69) is 10.3 Å². The van der Waals surface area contributed by atoms with Crippen molar-refractivity contribution < 1.29 is 9.53 Å². The second kappa shape index (κ2) is 6.41. The van der Waals surface area contributed by atoms with E-state index in [1.165, 1.54) is 7.11 Å². The zero-order chi connectivity index (χ0) is 15.4. The van der Waals surface area contributed by atoms with E-state index >= 15 is 0 Å². The molecule has 0 unspecified atom stereocenters. The molecule has 0 bridgehead atoms. The standard InChI is InChI=1S/C17H17N3O2/c1-22-12-17(21)18-10-13-5-4-6-14(9-13)15-11-20-8-3-2-7-16(20)19-15/h2-9,11H,10,12H2,1H3,(H,18,21). The lowest BCUT2D eigenvalue weighted by Crippen LogP contribution is -2.26. The second-order valence-corrected chi connectivity index (χ2v) is 5.00. The van der Waals surface area contributed by atoms with E-state index in [-0.39, 0.29) is 12.5 Å². The summed E-state index contributed by atoms with van der Waals surface area (Å²) in [6, 6.07) is 13.9. The van der Waals surface area contributed by atoms with Gasteiger partial charge in [0.05, 0.1) is 5.69 Å². The summed E-state index contributed by atoms with van der Waals surface area (Å²) in [5, 5.41) is 2.82. The number of nitrogens with zero attached hydrogens (tertiary/aromatic N) is 2. The van der Waals surface area contributed by atoms with Crippen molar-refractivity contribution in [3.05, 3.63) is 60.4 Å². The van der Waals surface area contributed by atoms with Crippen molar-refractivity contribution >= 4 is 11.6 Å². The molecule has 112 valence electrons. The lowest BCUT2D eigenvalue weighted by molar-refractivity contribution is -0.124. The van der Waals surface area contributed by atoms with Gasteiger partial charge in [-0.05, 0) is 23.8 Å². The molecule has 0 aliphatic carbocycles. The number of methoxy groups -OCH3 is 1. The van der Waals surface area contributed by atoms with Crippen molar-refractivity contribution in [2.45, 2.75) is 6.54 Å². The van der Waals surface area contributed by atoms with Gasteiger partial charge in [-0.3, -0.25) is 4.79 Å². The summed E-state index contributed by atoms with van der Waals surface area (Å²) in [5.41, 5.74) is 3.88. The minimum Gasteiger partial charge on any atom is -0.375 e. The zero-order valence-electron chi connectivity index (χ0n) is 12.3. The number of amides is 1. The smallest absolute Gasteiger partial charge is 0.246 e. The Morgan fingerprint density at radius 1 is 1.27 bits per heavy atom. The van der Waals surface area contributed by atoms with Crippen LogP contribution in [0.5, 0.6) is 0 Å². The molecule has 3 rings (SSSR count). The fourth-order valence-corrected chi connectivity index (χ4v) is 2.30. The Kier molecular flexibility index (Phi) is 4.16. The molecule has 1 N–H and O–H groups in total. The Morgan fingerprint density at radius 3 is 3.00 bits per heavy atom. The van der Waals surface area contributed by atoms with Gasteiger partial charge in [0, 0.05) is 31.6 Å². The lowest BCUT2D eigenvalue weighted by atomic mass is 10.1. The van der Waals surface area contributed by atoms with Gasteiger partial charge in [-0.2, -0.15) is 0 Å². The van der Waals surface area contributed by atoms with Crippen molar-refractivity contribution in [1.29, 1.82) is 0 Å². The lowest BCUT2D eigenvalue weighted by Gasteiger charge is -2.06. The molecule has 5 heteroatoms. The Morgan fingerprint density at radius 2 is 2.18 bits per heavy atom. The van der Waals surface area contributed by atoms with Crippen LogP contribution >= 0.6 is 0 Å². The van der Waals surface area contributed by atoms with Crippen LogP contribution in [0.25, 0.3) is 16.9 Å². The van der Waals surface area contributed by atoms with E-state index in [1.807, 2.05) is 59.3 Å². The first kappa shape index (κ1) is 14.3. The van der Waals surface area contributed by atoms with E-state index in [0.717, 1.165) is 22.5 Å². The van der Waals surface area contributed by atoms with Crippen LogP contribution in [0.4, 0.5) is 0 Å². The number of ether oxygens (including phenoxy) is 1. The normalized spacial score (nSPS) is 10.8. The second-order valence-electron chi connectivity index (χ2n) is 5.00. The molecule has 0 aliphatic rings. The maximum absolute atomic E-state index is 11.4. The third kappa shape index (κ3) is 3.15. The molecule has 0 saturated carbocycles. The summed E-state index contributed by atoms with van der Waals surface area (Å²) < 4.78 is 6.78. The molecule has 0 radical (unpaired) electrons. The molecule has 22 heavy (non-hydrogen) atoms. The van der Waals surface area contributed by atoms with E-state index in [1.54, 1.807) is 0 Å². The minimum atomic E-state index is -0.124. The van der Waals surface area contributed by atoms with Gasteiger partial charge in [0.1, 0.15) is 12.3 Å². The van der Waals surface area contributed by atoms with Gasteiger partial charge in [0.15, 0.2) is 0 Å². The van der Waals surface area contributed by atoms with Crippen molar-refractivity contribution in [1.82, 2.24) is 14.7 Å². The summed E-state index contributed by atoms with van der Waals surface area (Å²) in [4.78, 5) is 16.0. The summed E-state index contributed by atoms with van der Waals surface area (Å²) in [7, 11) is 1.50. The Bertz CT molecular complexity index is 762. The van der Waals surface area contributed by atoms with Gasteiger partial charge in [-0.1, -0.05) is 24.3 Å². The first-order chi connectivity index (χ1) is 10.8. The molecular weight excluding hydrogens is 278 g/mol. The summed E-state index contributed by atoms with van der Waals surface area (Å²) in [6.07, 6.45) is 3.97. The van der Waals surface area contributed by atoms with Crippen molar-refractivity contribution in [3.8, 4) is 11.3 Å². The average molecular weight is 295 g/mol. The summed E-state index contributed by atoms with van der Waals surface area (Å²) in [6.45, 7) is 0.551. The highest BCUT2D eigenvalue weighted by Crippen LogP contribution is 2.20. The number of hydrogen-bond donors (Lipinski definition) is 1. The van der Waals surface area contributed by atoms with Crippen LogP contribution in [0.2, 0.25) is 0 Å². The number of imidazole rings is 1. The SMILES string of the molecule is COCC(=O)NCc1cccc(-c2cn3ccccc3n2)c1.